The Labute approximate surface area is 128 Å². The zero-order chi connectivity index (χ0) is 15.4. The van der Waals surface area contributed by atoms with Crippen molar-refractivity contribution in [1.82, 2.24) is 0 Å². The van der Waals surface area contributed by atoms with E-state index in [4.69, 9.17) is 0 Å². The van der Waals surface area contributed by atoms with Crippen LogP contribution >= 0.6 is 0 Å². The summed E-state index contributed by atoms with van der Waals surface area (Å²) in [6, 6.07) is 17.1. The lowest BCUT2D eigenvalue weighted by atomic mass is 9.91. The second kappa shape index (κ2) is 6.41. The van der Waals surface area contributed by atoms with Gasteiger partial charge in [-0.05, 0) is 60.2 Å². The van der Waals surface area contributed by atoms with Gasteiger partial charge in [0.25, 0.3) is 0 Å². The largest absolute Gasteiger partial charge is 0.0985 e. The van der Waals surface area contributed by atoms with Crippen molar-refractivity contribution in [3.05, 3.63) is 90.0 Å². The van der Waals surface area contributed by atoms with E-state index in [1.165, 1.54) is 33.4 Å². The van der Waals surface area contributed by atoms with Gasteiger partial charge in [-0.1, -0.05) is 67.3 Å². The molecule has 0 aliphatic heterocycles. The third-order valence-electron chi connectivity index (χ3n) is 3.54. The first-order valence-corrected chi connectivity index (χ1v) is 7.19. The Bertz CT molecular complexity index is 696. The molecule has 0 nitrogen and oxygen atoms in total. The summed E-state index contributed by atoms with van der Waals surface area (Å²) < 4.78 is 0. The number of allylic oxidation sites excluding steroid dienone is 4. The molecule has 0 unspecified atom stereocenters. The molecule has 0 saturated carbocycles. The quantitative estimate of drug-likeness (QED) is 0.582. The predicted octanol–water partition coefficient (Wildman–Crippen LogP) is 6.20. The van der Waals surface area contributed by atoms with Crippen LogP contribution in [0.5, 0.6) is 0 Å². The Morgan fingerprint density at radius 1 is 0.952 bits per heavy atom. The fourth-order valence-electron chi connectivity index (χ4n) is 2.62. The fourth-order valence-corrected chi connectivity index (χ4v) is 2.62. The summed E-state index contributed by atoms with van der Waals surface area (Å²) in [6.07, 6.45) is 1.83. The third-order valence-corrected chi connectivity index (χ3v) is 3.54. The molecular weight excluding hydrogens is 252 g/mol. The summed E-state index contributed by atoms with van der Waals surface area (Å²) >= 11 is 0. The van der Waals surface area contributed by atoms with Crippen molar-refractivity contribution < 1.29 is 0 Å². The number of benzene rings is 2. The maximum absolute atomic E-state index is 4.13. The Kier molecular flexibility index (Phi) is 4.59. The molecule has 0 atom stereocenters. The Hall–Kier alpha value is -2.34. The molecule has 0 aliphatic rings. The Morgan fingerprint density at radius 3 is 2.19 bits per heavy atom. The molecule has 0 amide bonds. The van der Waals surface area contributed by atoms with Crippen LogP contribution in [0.15, 0.2) is 78.9 Å². The molecule has 0 aliphatic carbocycles. The van der Waals surface area contributed by atoms with Gasteiger partial charge in [0.1, 0.15) is 0 Å². The minimum atomic E-state index is 0.972. The molecule has 0 radical (unpaired) electrons. The van der Waals surface area contributed by atoms with Crippen molar-refractivity contribution in [3.8, 4) is 11.1 Å². The molecule has 0 spiro atoms. The summed E-state index contributed by atoms with van der Waals surface area (Å²) in [4.78, 5) is 0. The first-order valence-electron chi connectivity index (χ1n) is 7.19. The lowest BCUT2D eigenvalue weighted by Gasteiger charge is -2.14. The topological polar surface area (TPSA) is 0 Å². The molecule has 2 rings (SSSR count). The highest BCUT2D eigenvalue weighted by Gasteiger charge is 2.09. The van der Waals surface area contributed by atoms with Crippen molar-refractivity contribution >= 4 is 5.57 Å². The van der Waals surface area contributed by atoms with Crippen LogP contribution in [-0.4, -0.2) is 0 Å². The lowest BCUT2D eigenvalue weighted by Crippen LogP contribution is -1.92. The van der Waals surface area contributed by atoms with Gasteiger partial charge in [0.05, 0.1) is 0 Å². The molecule has 21 heavy (non-hydrogen) atoms. The monoisotopic (exact) mass is 274 g/mol. The fraction of sp³-hybridized carbons (Fsp3) is 0.143. The normalized spacial score (nSPS) is 10.0. The second-order valence-electron chi connectivity index (χ2n) is 5.56. The van der Waals surface area contributed by atoms with Crippen molar-refractivity contribution in [1.29, 1.82) is 0 Å². The summed E-state index contributed by atoms with van der Waals surface area (Å²) in [5.41, 5.74) is 8.34. The van der Waals surface area contributed by atoms with E-state index in [9.17, 15) is 0 Å². The highest BCUT2D eigenvalue weighted by Crippen LogP contribution is 2.31. The van der Waals surface area contributed by atoms with Crippen LogP contribution < -0.4 is 0 Å². The number of hydrogen-bond acceptors (Lipinski definition) is 0. The number of aryl methyl sites for hydroxylation is 1. The van der Waals surface area contributed by atoms with Crippen LogP contribution in [0.4, 0.5) is 0 Å². The third kappa shape index (κ3) is 3.41. The maximum atomic E-state index is 4.13. The first-order chi connectivity index (χ1) is 10.0. The average molecular weight is 274 g/mol. The van der Waals surface area contributed by atoms with Gasteiger partial charge in [-0.3, -0.25) is 0 Å². The average Bonchev–Trinajstić information content (AvgIpc) is 2.47. The van der Waals surface area contributed by atoms with Gasteiger partial charge in [0.2, 0.25) is 0 Å². The minimum Gasteiger partial charge on any atom is -0.0985 e. The molecular formula is C21H22. The van der Waals surface area contributed by atoms with E-state index in [1.54, 1.807) is 0 Å². The van der Waals surface area contributed by atoms with Gasteiger partial charge in [0, 0.05) is 0 Å². The van der Waals surface area contributed by atoms with Gasteiger partial charge in [0.15, 0.2) is 0 Å². The highest BCUT2D eigenvalue weighted by atomic mass is 14.1. The van der Waals surface area contributed by atoms with Crippen LogP contribution in [-0.2, 0) is 0 Å². The van der Waals surface area contributed by atoms with E-state index < -0.39 is 0 Å². The minimum absolute atomic E-state index is 0.972. The van der Waals surface area contributed by atoms with Gasteiger partial charge >= 0.3 is 0 Å². The van der Waals surface area contributed by atoms with Crippen LogP contribution in [0.25, 0.3) is 16.7 Å². The molecule has 2 aromatic rings. The van der Waals surface area contributed by atoms with E-state index in [0.29, 0.717) is 0 Å². The van der Waals surface area contributed by atoms with Crippen LogP contribution in [0, 0.1) is 6.92 Å². The molecule has 106 valence electrons. The Morgan fingerprint density at radius 2 is 1.62 bits per heavy atom. The van der Waals surface area contributed by atoms with Gasteiger partial charge in [-0.25, -0.2) is 0 Å². The van der Waals surface area contributed by atoms with Crippen molar-refractivity contribution in [2.24, 2.45) is 0 Å². The van der Waals surface area contributed by atoms with Crippen LogP contribution in [0.3, 0.4) is 0 Å². The molecule has 0 N–H and O–H groups in total. The van der Waals surface area contributed by atoms with E-state index in [-0.39, 0.29) is 0 Å². The van der Waals surface area contributed by atoms with Gasteiger partial charge in [-0.15, -0.1) is 0 Å². The predicted molar refractivity (Wildman–Crippen MR) is 94.2 cm³/mol. The highest BCUT2D eigenvalue weighted by molar-refractivity contribution is 5.85. The Balaban J connectivity index is 2.61. The number of rotatable bonds is 4. The van der Waals surface area contributed by atoms with Crippen molar-refractivity contribution in [3.63, 3.8) is 0 Å². The smallest absolute Gasteiger partial charge is 0.0131 e. The zero-order valence-electron chi connectivity index (χ0n) is 13.1. The summed E-state index contributed by atoms with van der Waals surface area (Å²) in [5, 5.41) is 0. The maximum Gasteiger partial charge on any atom is -0.0131 e. The molecule has 2 aromatic carbocycles. The SMILES string of the molecule is C=CC(=C)C(=C(C)C)c1cc(C)cc(-c2ccccc2)c1. The first kappa shape index (κ1) is 15.1. The van der Waals surface area contributed by atoms with E-state index in [0.717, 1.165) is 5.57 Å². The van der Waals surface area contributed by atoms with Crippen LogP contribution in [0.1, 0.15) is 25.0 Å². The summed E-state index contributed by atoms with van der Waals surface area (Å²) in [5.74, 6) is 0. The zero-order valence-corrected chi connectivity index (χ0v) is 13.1. The van der Waals surface area contributed by atoms with E-state index >= 15 is 0 Å². The molecule has 0 bridgehead atoms. The summed E-state index contributed by atoms with van der Waals surface area (Å²) in [6.45, 7) is 14.4. The number of hydrogen-bond donors (Lipinski definition) is 0. The standard InChI is InChI=1S/C21H22/c1-6-17(5)21(15(2)3)20-13-16(4)12-19(14-20)18-10-8-7-9-11-18/h6-14H,1,5H2,2-4H3. The summed E-state index contributed by atoms with van der Waals surface area (Å²) in [7, 11) is 0. The molecule has 0 heteroatoms. The molecule has 0 aromatic heterocycles. The second-order valence-corrected chi connectivity index (χ2v) is 5.56. The lowest BCUT2D eigenvalue weighted by molar-refractivity contribution is 1.36. The molecule has 0 heterocycles. The molecule has 0 fully saturated rings. The molecule has 0 saturated heterocycles. The van der Waals surface area contributed by atoms with Gasteiger partial charge < -0.3 is 0 Å². The van der Waals surface area contributed by atoms with Crippen molar-refractivity contribution in [2.75, 3.05) is 0 Å². The van der Waals surface area contributed by atoms with Crippen LogP contribution in [0.2, 0.25) is 0 Å². The van der Waals surface area contributed by atoms with Crippen molar-refractivity contribution in [2.45, 2.75) is 20.8 Å². The van der Waals surface area contributed by atoms with Gasteiger partial charge in [-0.2, -0.15) is 0 Å². The van der Waals surface area contributed by atoms with E-state index in [1.807, 2.05) is 12.1 Å². The van der Waals surface area contributed by atoms with E-state index in [2.05, 4.69) is 76.4 Å².